The molecule has 0 aliphatic rings. The minimum atomic E-state index is 0.891. The average Bonchev–Trinajstić information content (AvgIpc) is 2.09. The Morgan fingerprint density at radius 3 is 2.75 bits per heavy atom. The highest BCUT2D eigenvalue weighted by molar-refractivity contribution is 9.10. The second kappa shape index (κ2) is 4.77. The van der Waals surface area contributed by atoms with Gasteiger partial charge in [0.25, 0.3) is 0 Å². The maximum Gasteiger partial charge on any atom is 0.120 e. The van der Waals surface area contributed by atoms with Crippen LogP contribution in [0.3, 0.4) is 0 Å². The predicted octanol–water partition coefficient (Wildman–Crippen LogP) is 3.57. The molecule has 0 amide bonds. The molecular formula is C9H11BrOS. The fourth-order valence-electron chi connectivity index (χ4n) is 0.881. The fourth-order valence-corrected chi connectivity index (χ4v) is 2.25. The third kappa shape index (κ3) is 2.42. The smallest absolute Gasteiger partial charge is 0.120 e. The van der Waals surface area contributed by atoms with Crippen molar-refractivity contribution in [3.8, 4) is 5.75 Å². The molecule has 1 rings (SSSR count). The van der Waals surface area contributed by atoms with Crippen LogP contribution >= 0.6 is 27.7 Å². The van der Waals surface area contributed by atoms with Gasteiger partial charge in [-0.3, -0.25) is 0 Å². The van der Waals surface area contributed by atoms with Crippen LogP contribution in [0, 0.1) is 0 Å². The molecule has 0 atom stereocenters. The standard InChI is InChI=1S/C9H11BrOS/c1-3-12-9-5-4-7(11-2)6-8(9)10/h4-6H,3H2,1-2H3. The molecule has 0 saturated carbocycles. The van der Waals surface area contributed by atoms with E-state index < -0.39 is 0 Å². The molecule has 0 bridgehead atoms. The average molecular weight is 247 g/mol. The number of thioether (sulfide) groups is 1. The monoisotopic (exact) mass is 246 g/mol. The Hall–Kier alpha value is -0.150. The maximum atomic E-state index is 5.09. The molecule has 0 aliphatic carbocycles. The van der Waals surface area contributed by atoms with Crippen LogP contribution in [0.1, 0.15) is 6.92 Å². The lowest BCUT2D eigenvalue weighted by molar-refractivity contribution is 0.414. The van der Waals surface area contributed by atoms with Crippen LogP contribution in [-0.2, 0) is 0 Å². The van der Waals surface area contributed by atoms with E-state index in [2.05, 4.69) is 28.9 Å². The van der Waals surface area contributed by atoms with Crippen molar-refractivity contribution in [2.45, 2.75) is 11.8 Å². The van der Waals surface area contributed by atoms with Gasteiger partial charge in [-0.25, -0.2) is 0 Å². The van der Waals surface area contributed by atoms with Gasteiger partial charge >= 0.3 is 0 Å². The molecule has 66 valence electrons. The number of hydrogen-bond donors (Lipinski definition) is 0. The van der Waals surface area contributed by atoms with E-state index in [1.54, 1.807) is 7.11 Å². The van der Waals surface area contributed by atoms with Crippen molar-refractivity contribution in [3.05, 3.63) is 22.7 Å². The minimum absolute atomic E-state index is 0.891. The summed E-state index contributed by atoms with van der Waals surface area (Å²) in [7, 11) is 1.68. The van der Waals surface area contributed by atoms with E-state index in [1.165, 1.54) is 4.90 Å². The van der Waals surface area contributed by atoms with Gasteiger partial charge in [0.2, 0.25) is 0 Å². The maximum absolute atomic E-state index is 5.09. The topological polar surface area (TPSA) is 9.23 Å². The molecule has 0 heterocycles. The van der Waals surface area contributed by atoms with Crippen LogP contribution in [-0.4, -0.2) is 12.9 Å². The van der Waals surface area contributed by atoms with Crippen molar-refractivity contribution < 1.29 is 4.74 Å². The van der Waals surface area contributed by atoms with Crippen LogP contribution in [0.25, 0.3) is 0 Å². The Morgan fingerprint density at radius 2 is 2.25 bits per heavy atom. The molecule has 1 aromatic carbocycles. The number of methoxy groups -OCH3 is 1. The molecule has 0 unspecified atom stereocenters. The zero-order valence-corrected chi connectivity index (χ0v) is 9.54. The quantitative estimate of drug-likeness (QED) is 0.755. The van der Waals surface area contributed by atoms with Crippen molar-refractivity contribution in [2.24, 2.45) is 0 Å². The first-order valence-electron chi connectivity index (χ1n) is 3.74. The lowest BCUT2D eigenvalue weighted by Gasteiger charge is -2.04. The van der Waals surface area contributed by atoms with Gasteiger partial charge in [0.1, 0.15) is 5.75 Å². The summed E-state index contributed by atoms with van der Waals surface area (Å²) in [5.41, 5.74) is 0. The zero-order chi connectivity index (χ0) is 8.97. The lowest BCUT2D eigenvalue weighted by Crippen LogP contribution is -1.83. The van der Waals surface area contributed by atoms with Crippen molar-refractivity contribution in [1.29, 1.82) is 0 Å². The summed E-state index contributed by atoms with van der Waals surface area (Å²) in [6.07, 6.45) is 0. The normalized spacial score (nSPS) is 9.92. The highest BCUT2D eigenvalue weighted by Crippen LogP contribution is 2.30. The summed E-state index contributed by atoms with van der Waals surface area (Å²) >= 11 is 5.31. The van der Waals surface area contributed by atoms with Gasteiger partial charge in [-0.05, 0) is 39.9 Å². The number of halogens is 1. The fraction of sp³-hybridized carbons (Fsp3) is 0.333. The Morgan fingerprint density at radius 1 is 1.50 bits per heavy atom. The molecule has 0 fully saturated rings. The van der Waals surface area contributed by atoms with Gasteiger partial charge < -0.3 is 4.74 Å². The number of benzene rings is 1. The number of ether oxygens (including phenoxy) is 1. The third-order valence-corrected chi connectivity index (χ3v) is 3.31. The van der Waals surface area contributed by atoms with Gasteiger partial charge in [-0.1, -0.05) is 6.92 Å². The molecule has 0 saturated heterocycles. The SMILES string of the molecule is CCSc1ccc(OC)cc1Br. The van der Waals surface area contributed by atoms with Crippen LogP contribution < -0.4 is 4.74 Å². The van der Waals surface area contributed by atoms with Crippen molar-refractivity contribution in [1.82, 2.24) is 0 Å². The Labute approximate surface area is 85.6 Å². The first-order valence-corrected chi connectivity index (χ1v) is 5.52. The van der Waals surface area contributed by atoms with Crippen LogP contribution in [0.4, 0.5) is 0 Å². The van der Waals surface area contributed by atoms with Crippen LogP contribution in [0.5, 0.6) is 5.75 Å². The number of hydrogen-bond acceptors (Lipinski definition) is 2. The summed E-state index contributed by atoms with van der Waals surface area (Å²) < 4.78 is 6.19. The molecule has 0 radical (unpaired) electrons. The molecule has 12 heavy (non-hydrogen) atoms. The zero-order valence-electron chi connectivity index (χ0n) is 7.13. The Kier molecular flexibility index (Phi) is 3.95. The van der Waals surface area contributed by atoms with E-state index in [9.17, 15) is 0 Å². The minimum Gasteiger partial charge on any atom is -0.497 e. The molecule has 1 nitrogen and oxygen atoms in total. The van der Waals surface area contributed by atoms with Gasteiger partial charge in [0.05, 0.1) is 7.11 Å². The van der Waals surface area contributed by atoms with Gasteiger partial charge in [-0.15, -0.1) is 11.8 Å². The predicted molar refractivity (Wildman–Crippen MR) is 57.1 cm³/mol. The largest absolute Gasteiger partial charge is 0.497 e. The van der Waals surface area contributed by atoms with Crippen molar-refractivity contribution in [2.75, 3.05) is 12.9 Å². The first-order chi connectivity index (χ1) is 5.77. The summed E-state index contributed by atoms with van der Waals surface area (Å²) in [5, 5.41) is 0. The summed E-state index contributed by atoms with van der Waals surface area (Å²) in [4.78, 5) is 1.26. The van der Waals surface area contributed by atoms with Crippen molar-refractivity contribution in [3.63, 3.8) is 0 Å². The number of rotatable bonds is 3. The second-order valence-electron chi connectivity index (χ2n) is 2.23. The summed E-state index contributed by atoms with van der Waals surface area (Å²) in [6.45, 7) is 2.14. The highest BCUT2D eigenvalue weighted by atomic mass is 79.9. The van der Waals surface area contributed by atoms with E-state index in [1.807, 2.05) is 23.9 Å². The summed E-state index contributed by atoms with van der Waals surface area (Å²) in [6, 6.07) is 6.03. The molecular weight excluding hydrogens is 236 g/mol. The van der Waals surface area contributed by atoms with E-state index in [0.29, 0.717) is 0 Å². The molecule has 1 aromatic rings. The highest BCUT2D eigenvalue weighted by Gasteiger charge is 2.00. The molecule has 0 aromatic heterocycles. The third-order valence-electron chi connectivity index (χ3n) is 1.44. The van der Waals surface area contributed by atoms with E-state index >= 15 is 0 Å². The van der Waals surface area contributed by atoms with E-state index in [-0.39, 0.29) is 0 Å². The summed E-state index contributed by atoms with van der Waals surface area (Å²) in [5.74, 6) is 1.98. The van der Waals surface area contributed by atoms with Gasteiger partial charge in [0.15, 0.2) is 0 Å². The van der Waals surface area contributed by atoms with E-state index in [4.69, 9.17) is 4.74 Å². The lowest BCUT2D eigenvalue weighted by atomic mass is 10.3. The van der Waals surface area contributed by atoms with Gasteiger partial charge in [0, 0.05) is 9.37 Å². The van der Waals surface area contributed by atoms with Crippen LogP contribution in [0.2, 0.25) is 0 Å². The van der Waals surface area contributed by atoms with E-state index in [0.717, 1.165) is 16.0 Å². The second-order valence-corrected chi connectivity index (χ2v) is 4.39. The molecule has 0 spiro atoms. The van der Waals surface area contributed by atoms with Crippen molar-refractivity contribution >= 4 is 27.7 Å². The molecule has 0 aliphatic heterocycles. The van der Waals surface area contributed by atoms with Gasteiger partial charge in [-0.2, -0.15) is 0 Å². The molecule has 3 heteroatoms. The molecule has 0 N–H and O–H groups in total. The Bertz CT molecular complexity index is 263. The first kappa shape index (κ1) is 9.93. The Balaban J connectivity index is 2.87. The van der Waals surface area contributed by atoms with Crippen LogP contribution in [0.15, 0.2) is 27.6 Å².